The van der Waals surface area contributed by atoms with Crippen LogP contribution in [0.5, 0.6) is 0 Å². The summed E-state index contributed by atoms with van der Waals surface area (Å²) < 4.78 is 5.15. The van der Waals surface area contributed by atoms with Crippen LogP contribution < -0.4 is 5.32 Å². The van der Waals surface area contributed by atoms with Crippen molar-refractivity contribution >= 4 is 17.7 Å². The van der Waals surface area contributed by atoms with E-state index in [0.29, 0.717) is 36.7 Å². The van der Waals surface area contributed by atoms with E-state index >= 15 is 0 Å². The van der Waals surface area contributed by atoms with Crippen molar-refractivity contribution in [3.8, 4) is 0 Å². The standard InChI is InChI=1S/C22H28N4O4/c1-4-5-11-25-12-13-26(22(29)21(25)28)19(17-9-7-6-8-10-17)20(27)23-14-18-15(2)24-30-16(18)3/h6-10,19H,4-5,11-14H2,1-3H3,(H,23,27)/t19-/m1/s1. The molecule has 160 valence electrons. The quantitative estimate of drug-likeness (QED) is 0.670. The van der Waals surface area contributed by atoms with Gasteiger partial charge in [-0.25, -0.2) is 0 Å². The van der Waals surface area contributed by atoms with Crippen LogP contribution in [-0.2, 0) is 20.9 Å². The second-order valence-electron chi connectivity index (χ2n) is 7.48. The number of aromatic nitrogens is 1. The molecule has 0 spiro atoms. The molecule has 1 aromatic heterocycles. The summed E-state index contributed by atoms with van der Waals surface area (Å²) in [5, 5.41) is 6.79. The average molecular weight is 412 g/mol. The second-order valence-corrected chi connectivity index (χ2v) is 7.48. The van der Waals surface area contributed by atoms with Crippen molar-refractivity contribution in [2.24, 2.45) is 0 Å². The summed E-state index contributed by atoms with van der Waals surface area (Å²) in [5.74, 6) is -0.892. The Kier molecular flexibility index (Phi) is 6.87. The summed E-state index contributed by atoms with van der Waals surface area (Å²) in [6.07, 6.45) is 1.79. The van der Waals surface area contributed by atoms with Crippen molar-refractivity contribution in [3.05, 3.63) is 52.9 Å². The SMILES string of the molecule is CCCCN1CCN([C@@H](C(=O)NCc2c(C)noc2C)c2ccccc2)C(=O)C1=O. The lowest BCUT2D eigenvalue weighted by atomic mass is 10.0. The first-order valence-electron chi connectivity index (χ1n) is 10.3. The van der Waals surface area contributed by atoms with Crippen molar-refractivity contribution in [1.82, 2.24) is 20.3 Å². The van der Waals surface area contributed by atoms with E-state index < -0.39 is 17.9 Å². The van der Waals surface area contributed by atoms with E-state index in [2.05, 4.69) is 10.5 Å². The zero-order valence-corrected chi connectivity index (χ0v) is 17.7. The smallest absolute Gasteiger partial charge is 0.313 e. The number of unbranched alkanes of at least 4 members (excludes halogenated alkanes) is 1. The van der Waals surface area contributed by atoms with Crippen molar-refractivity contribution in [2.45, 2.75) is 46.2 Å². The van der Waals surface area contributed by atoms with E-state index in [-0.39, 0.29) is 12.5 Å². The molecule has 0 radical (unpaired) electrons. The fraction of sp³-hybridized carbons (Fsp3) is 0.455. The molecular weight excluding hydrogens is 384 g/mol. The lowest BCUT2D eigenvalue weighted by Crippen LogP contribution is -2.57. The zero-order chi connectivity index (χ0) is 21.7. The highest BCUT2D eigenvalue weighted by Gasteiger charge is 2.39. The molecule has 3 rings (SSSR count). The van der Waals surface area contributed by atoms with E-state index in [1.54, 1.807) is 24.0 Å². The van der Waals surface area contributed by atoms with Gasteiger partial charge in [0.1, 0.15) is 11.8 Å². The Labute approximate surface area is 176 Å². The lowest BCUT2D eigenvalue weighted by molar-refractivity contribution is -0.159. The highest BCUT2D eigenvalue weighted by atomic mass is 16.5. The van der Waals surface area contributed by atoms with Gasteiger partial charge in [-0.15, -0.1) is 0 Å². The molecule has 30 heavy (non-hydrogen) atoms. The number of nitrogens with one attached hydrogen (secondary N) is 1. The van der Waals surface area contributed by atoms with Crippen LogP contribution in [0.4, 0.5) is 0 Å². The van der Waals surface area contributed by atoms with Gasteiger partial charge in [0.05, 0.1) is 5.69 Å². The van der Waals surface area contributed by atoms with E-state index in [1.165, 1.54) is 4.90 Å². The molecule has 8 heteroatoms. The normalized spacial score (nSPS) is 15.4. The third-order valence-corrected chi connectivity index (χ3v) is 5.42. The maximum Gasteiger partial charge on any atom is 0.313 e. The van der Waals surface area contributed by atoms with Crippen LogP contribution in [-0.4, -0.2) is 52.3 Å². The van der Waals surface area contributed by atoms with Crippen LogP contribution in [0.25, 0.3) is 0 Å². The number of rotatable bonds is 8. The molecule has 2 heterocycles. The van der Waals surface area contributed by atoms with Crippen LogP contribution in [0.15, 0.2) is 34.9 Å². The Bertz CT molecular complexity index is 890. The van der Waals surface area contributed by atoms with Crippen molar-refractivity contribution in [2.75, 3.05) is 19.6 Å². The van der Waals surface area contributed by atoms with E-state index in [1.807, 2.05) is 32.0 Å². The average Bonchev–Trinajstić information content (AvgIpc) is 3.07. The van der Waals surface area contributed by atoms with Crippen LogP contribution in [0, 0.1) is 13.8 Å². The highest BCUT2D eigenvalue weighted by Crippen LogP contribution is 2.24. The molecule has 1 atom stereocenters. The van der Waals surface area contributed by atoms with Crippen LogP contribution in [0.1, 0.15) is 48.4 Å². The summed E-state index contributed by atoms with van der Waals surface area (Å²) in [7, 11) is 0. The molecule has 1 saturated heterocycles. The van der Waals surface area contributed by atoms with Gasteiger partial charge in [-0.2, -0.15) is 0 Å². The summed E-state index contributed by atoms with van der Waals surface area (Å²) in [6.45, 7) is 7.16. The van der Waals surface area contributed by atoms with Gasteiger partial charge in [0.15, 0.2) is 0 Å². The summed E-state index contributed by atoms with van der Waals surface area (Å²) in [5.41, 5.74) is 2.18. The predicted octanol–water partition coefficient (Wildman–Crippen LogP) is 2.12. The number of aryl methyl sites for hydroxylation is 2. The second kappa shape index (κ2) is 9.56. The highest BCUT2D eigenvalue weighted by molar-refractivity contribution is 6.35. The molecule has 0 bridgehead atoms. The number of benzene rings is 1. The fourth-order valence-corrected chi connectivity index (χ4v) is 3.63. The van der Waals surface area contributed by atoms with Crippen LogP contribution >= 0.6 is 0 Å². The minimum atomic E-state index is -0.878. The number of hydrogen-bond acceptors (Lipinski definition) is 5. The van der Waals surface area contributed by atoms with Gasteiger partial charge in [0.25, 0.3) is 0 Å². The zero-order valence-electron chi connectivity index (χ0n) is 17.7. The topological polar surface area (TPSA) is 95.8 Å². The first-order valence-corrected chi connectivity index (χ1v) is 10.3. The maximum atomic E-state index is 13.2. The number of hydrogen-bond donors (Lipinski definition) is 1. The number of nitrogens with zero attached hydrogens (tertiary/aromatic N) is 3. The number of amides is 3. The lowest BCUT2D eigenvalue weighted by Gasteiger charge is -2.38. The largest absolute Gasteiger partial charge is 0.361 e. The van der Waals surface area contributed by atoms with E-state index in [0.717, 1.165) is 18.4 Å². The Balaban J connectivity index is 1.80. The third-order valence-electron chi connectivity index (χ3n) is 5.42. The minimum absolute atomic E-state index is 0.238. The van der Waals surface area contributed by atoms with Crippen molar-refractivity contribution in [1.29, 1.82) is 0 Å². The van der Waals surface area contributed by atoms with Gasteiger partial charge >= 0.3 is 11.8 Å². The first kappa shape index (κ1) is 21.5. The molecule has 0 saturated carbocycles. The summed E-state index contributed by atoms with van der Waals surface area (Å²) in [6, 6.07) is 8.18. The molecule has 2 aromatic rings. The van der Waals surface area contributed by atoms with Gasteiger partial charge in [0, 0.05) is 31.7 Å². The molecule has 1 aliphatic rings. The number of carbonyl (C=O) groups is 3. The van der Waals surface area contributed by atoms with E-state index in [4.69, 9.17) is 4.52 Å². The molecule has 3 amide bonds. The number of piperazine rings is 1. The molecular formula is C22H28N4O4. The van der Waals surface area contributed by atoms with Gasteiger partial charge < -0.3 is 19.6 Å². The minimum Gasteiger partial charge on any atom is -0.361 e. The van der Waals surface area contributed by atoms with Crippen molar-refractivity contribution in [3.63, 3.8) is 0 Å². The first-order chi connectivity index (χ1) is 14.4. The van der Waals surface area contributed by atoms with Crippen molar-refractivity contribution < 1.29 is 18.9 Å². The third kappa shape index (κ3) is 4.53. The molecule has 1 N–H and O–H groups in total. The Morgan fingerprint density at radius 3 is 2.53 bits per heavy atom. The van der Waals surface area contributed by atoms with Crippen LogP contribution in [0.2, 0.25) is 0 Å². The van der Waals surface area contributed by atoms with Gasteiger partial charge in [0.2, 0.25) is 5.91 Å². The number of carbonyl (C=O) groups excluding carboxylic acids is 3. The molecule has 0 unspecified atom stereocenters. The Morgan fingerprint density at radius 1 is 1.17 bits per heavy atom. The Hall–Kier alpha value is -3.16. The maximum absolute atomic E-state index is 13.2. The van der Waals surface area contributed by atoms with E-state index in [9.17, 15) is 14.4 Å². The molecule has 1 fully saturated rings. The Morgan fingerprint density at radius 2 is 1.90 bits per heavy atom. The van der Waals surface area contributed by atoms with Gasteiger partial charge in [-0.3, -0.25) is 14.4 Å². The molecule has 1 aliphatic heterocycles. The van der Waals surface area contributed by atoms with Gasteiger partial charge in [-0.05, 0) is 25.8 Å². The summed E-state index contributed by atoms with van der Waals surface area (Å²) >= 11 is 0. The molecule has 0 aliphatic carbocycles. The molecule has 8 nitrogen and oxygen atoms in total. The summed E-state index contributed by atoms with van der Waals surface area (Å²) in [4.78, 5) is 41.6. The predicted molar refractivity (Wildman–Crippen MR) is 110 cm³/mol. The fourth-order valence-electron chi connectivity index (χ4n) is 3.63. The van der Waals surface area contributed by atoms with Crippen LogP contribution in [0.3, 0.4) is 0 Å². The molecule has 1 aromatic carbocycles. The van der Waals surface area contributed by atoms with Gasteiger partial charge in [-0.1, -0.05) is 48.8 Å². The monoisotopic (exact) mass is 412 g/mol.